The van der Waals surface area contributed by atoms with Gasteiger partial charge in [0.25, 0.3) is 5.91 Å². The molecule has 1 saturated heterocycles. The standard InChI is InChI=1S/C30H34N6O3/c37-21-9-12-35(13-10-21)20-4-8-27(31-15-20)34-25-6-5-22(24-16-32-30(39)28(24)25)23-11-14-36-17-18(1-7-26(23)36)29(38)33-19-2-3-19/h4-6,8,11,14-15,18-19,21,37H,1-3,7,9-10,12-13,16-17H2,(H,31,34)(H,32,39)(H,33,38). The van der Waals surface area contributed by atoms with Crippen molar-refractivity contribution >= 4 is 29.0 Å². The number of aliphatic hydroxyl groups is 1. The Hall–Kier alpha value is -3.85. The molecule has 1 unspecified atom stereocenters. The summed E-state index contributed by atoms with van der Waals surface area (Å²) in [7, 11) is 0. The summed E-state index contributed by atoms with van der Waals surface area (Å²) in [5, 5.41) is 19.3. The quantitative estimate of drug-likeness (QED) is 0.392. The monoisotopic (exact) mass is 526 g/mol. The highest BCUT2D eigenvalue weighted by Crippen LogP contribution is 2.39. The first-order valence-electron chi connectivity index (χ1n) is 14.1. The third kappa shape index (κ3) is 4.65. The molecule has 0 spiro atoms. The molecule has 2 fully saturated rings. The van der Waals surface area contributed by atoms with Gasteiger partial charge in [0.2, 0.25) is 5.91 Å². The average Bonchev–Trinajstić information content (AvgIpc) is 3.53. The van der Waals surface area contributed by atoms with Crippen molar-refractivity contribution < 1.29 is 14.7 Å². The summed E-state index contributed by atoms with van der Waals surface area (Å²) in [6, 6.07) is 10.6. The van der Waals surface area contributed by atoms with Gasteiger partial charge < -0.3 is 30.5 Å². The molecule has 7 rings (SSSR count). The summed E-state index contributed by atoms with van der Waals surface area (Å²) in [4.78, 5) is 32.4. The zero-order chi connectivity index (χ0) is 26.5. The van der Waals surface area contributed by atoms with Crippen LogP contribution in [0.25, 0.3) is 11.1 Å². The lowest BCUT2D eigenvalue weighted by molar-refractivity contribution is -0.126. The summed E-state index contributed by atoms with van der Waals surface area (Å²) in [5.41, 5.74) is 6.89. The van der Waals surface area contributed by atoms with Crippen molar-refractivity contribution in [1.82, 2.24) is 20.2 Å². The van der Waals surface area contributed by atoms with Crippen LogP contribution in [0.2, 0.25) is 0 Å². The van der Waals surface area contributed by atoms with Crippen molar-refractivity contribution in [2.24, 2.45) is 5.92 Å². The lowest BCUT2D eigenvalue weighted by atomic mass is 9.91. The van der Waals surface area contributed by atoms with E-state index in [1.165, 1.54) is 5.69 Å². The van der Waals surface area contributed by atoms with Crippen LogP contribution in [0.1, 0.15) is 53.7 Å². The Morgan fingerprint density at radius 2 is 1.87 bits per heavy atom. The number of amides is 2. The Balaban J connectivity index is 1.11. The first-order chi connectivity index (χ1) is 19.0. The third-order valence-electron chi connectivity index (χ3n) is 8.62. The number of hydrogen-bond acceptors (Lipinski definition) is 6. The second kappa shape index (κ2) is 9.72. The SMILES string of the molecule is O=C1NCc2c(-c3ccn4c3CCC(C(=O)NC3CC3)C4)ccc(Nc3ccc(N4CCC(O)CC4)cn3)c21. The number of nitrogens with zero attached hydrogens (tertiary/aromatic N) is 3. The number of aliphatic hydroxyl groups excluding tert-OH is 1. The molecule has 9 nitrogen and oxygen atoms in total. The van der Waals surface area contributed by atoms with Gasteiger partial charge >= 0.3 is 0 Å². The minimum absolute atomic E-state index is 0.0132. The van der Waals surface area contributed by atoms with E-state index in [2.05, 4.69) is 48.7 Å². The maximum absolute atomic E-state index is 12.9. The molecule has 3 aliphatic heterocycles. The molecule has 0 bridgehead atoms. The van der Waals surface area contributed by atoms with E-state index in [0.717, 1.165) is 79.7 Å². The number of piperidine rings is 1. The van der Waals surface area contributed by atoms with Crippen LogP contribution in [0.3, 0.4) is 0 Å². The van der Waals surface area contributed by atoms with Crippen molar-refractivity contribution in [3.05, 3.63) is 59.5 Å². The summed E-state index contributed by atoms with van der Waals surface area (Å²) in [5.74, 6) is 0.796. The first kappa shape index (κ1) is 24.2. The minimum Gasteiger partial charge on any atom is -0.393 e. The lowest BCUT2D eigenvalue weighted by Crippen LogP contribution is -2.36. The molecule has 4 N–H and O–H groups in total. The van der Waals surface area contributed by atoms with Gasteiger partial charge in [-0.1, -0.05) is 6.07 Å². The molecule has 1 aromatic carbocycles. The van der Waals surface area contributed by atoms with E-state index in [-0.39, 0.29) is 23.8 Å². The van der Waals surface area contributed by atoms with Crippen LogP contribution in [-0.4, -0.2) is 51.7 Å². The maximum Gasteiger partial charge on any atom is 0.254 e. The summed E-state index contributed by atoms with van der Waals surface area (Å²) in [6.07, 6.45) is 9.15. The zero-order valence-electron chi connectivity index (χ0n) is 21.9. The van der Waals surface area contributed by atoms with Gasteiger partial charge in [0.1, 0.15) is 5.82 Å². The first-order valence-corrected chi connectivity index (χ1v) is 14.1. The summed E-state index contributed by atoms with van der Waals surface area (Å²) >= 11 is 0. The van der Waals surface area contributed by atoms with Crippen LogP contribution in [0.15, 0.2) is 42.7 Å². The van der Waals surface area contributed by atoms with Gasteiger partial charge in [-0.05, 0) is 73.9 Å². The number of hydrogen-bond donors (Lipinski definition) is 4. The van der Waals surface area contributed by atoms with Crippen molar-refractivity contribution in [2.75, 3.05) is 23.3 Å². The van der Waals surface area contributed by atoms with Gasteiger partial charge in [-0.2, -0.15) is 0 Å². The molecule has 2 aromatic heterocycles. The van der Waals surface area contributed by atoms with Gasteiger partial charge in [0.15, 0.2) is 0 Å². The van der Waals surface area contributed by atoms with Crippen LogP contribution in [-0.2, 0) is 24.3 Å². The Morgan fingerprint density at radius 3 is 2.64 bits per heavy atom. The molecule has 2 amide bonds. The van der Waals surface area contributed by atoms with Crippen LogP contribution < -0.4 is 20.9 Å². The van der Waals surface area contributed by atoms with Crippen molar-refractivity contribution in [3.63, 3.8) is 0 Å². The van der Waals surface area contributed by atoms with Crippen LogP contribution in [0.4, 0.5) is 17.2 Å². The number of aromatic nitrogens is 2. The number of benzene rings is 1. The number of carbonyl (C=O) groups excluding carboxylic acids is 2. The number of fused-ring (bicyclic) bond motifs is 2. The molecule has 1 atom stereocenters. The summed E-state index contributed by atoms with van der Waals surface area (Å²) < 4.78 is 2.22. The molecule has 1 saturated carbocycles. The fourth-order valence-corrected chi connectivity index (χ4v) is 6.21. The number of pyridine rings is 1. The molecule has 5 heterocycles. The molecule has 3 aromatic rings. The number of anilines is 3. The highest BCUT2D eigenvalue weighted by atomic mass is 16.3. The molecule has 9 heteroatoms. The predicted molar refractivity (Wildman–Crippen MR) is 149 cm³/mol. The molecular weight excluding hydrogens is 492 g/mol. The fourth-order valence-electron chi connectivity index (χ4n) is 6.21. The Morgan fingerprint density at radius 1 is 1.03 bits per heavy atom. The van der Waals surface area contributed by atoms with Gasteiger partial charge in [0, 0.05) is 49.7 Å². The van der Waals surface area contributed by atoms with E-state index in [4.69, 9.17) is 0 Å². The predicted octanol–water partition coefficient (Wildman–Crippen LogP) is 3.34. The number of rotatable bonds is 6. The van der Waals surface area contributed by atoms with E-state index >= 15 is 0 Å². The topological polar surface area (TPSA) is 112 Å². The van der Waals surface area contributed by atoms with Gasteiger partial charge in [-0.15, -0.1) is 0 Å². The molecule has 39 heavy (non-hydrogen) atoms. The van der Waals surface area contributed by atoms with E-state index in [9.17, 15) is 14.7 Å². The second-order valence-electron chi connectivity index (χ2n) is 11.3. The minimum atomic E-state index is -0.209. The van der Waals surface area contributed by atoms with E-state index in [1.54, 1.807) is 0 Å². The smallest absolute Gasteiger partial charge is 0.254 e. The van der Waals surface area contributed by atoms with Crippen LogP contribution in [0.5, 0.6) is 0 Å². The highest BCUT2D eigenvalue weighted by molar-refractivity contribution is 6.06. The Kier molecular flexibility index (Phi) is 6.03. The van der Waals surface area contributed by atoms with Crippen molar-refractivity contribution in [2.45, 2.75) is 63.8 Å². The van der Waals surface area contributed by atoms with Crippen molar-refractivity contribution in [3.8, 4) is 11.1 Å². The normalized spacial score (nSPS) is 20.8. The van der Waals surface area contributed by atoms with Gasteiger partial charge in [-0.3, -0.25) is 9.59 Å². The van der Waals surface area contributed by atoms with E-state index in [1.807, 2.05) is 24.4 Å². The number of carbonyl (C=O) groups is 2. The Labute approximate surface area is 227 Å². The van der Waals surface area contributed by atoms with Crippen molar-refractivity contribution in [1.29, 1.82) is 0 Å². The average molecular weight is 527 g/mol. The largest absolute Gasteiger partial charge is 0.393 e. The van der Waals surface area contributed by atoms with Crippen LogP contribution in [0, 0.1) is 5.92 Å². The maximum atomic E-state index is 12.9. The van der Waals surface area contributed by atoms with Gasteiger partial charge in [-0.25, -0.2) is 4.98 Å². The summed E-state index contributed by atoms with van der Waals surface area (Å²) in [6.45, 7) is 2.83. The molecule has 202 valence electrons. The second-order valence-corrected chi connectivity index (χ2v) is 11.3. The number of nitrogens with one attached hydrogen (secondary N) is 3. The van der Waals surface area contributed by atoms with Gasteiger partial charge in [0.05, 0.1) is 35.2 Å². The molecule has 0 radical (unpaired) electrons. The van der Waals surface area contributed by atoms with Crippen LogP contribution >= 0.6 is 0 Å². The molecule has 4 aliphatic rings. The van der Waals surface area contributed by atoms with E-state index < -0.39 is 0 Å². The third-order valence-corrected chi connectivity index (χ3v) is 8.62. The van der Waals surface area contributed by atoms with E-state index in [0.29, 0.717) is 30.5 Å². The zero-order valence-corrected chi connectivity index (χ0v) is 21.9. The lowest BCUT2D eigenvalue weighted by Gasteiger charge is -2.31. The highest BCUT2D eigenvalue weighted by Gasteiger charge is 2.32. The molecular formula is C30H34N6O3. The molecule has 1 aliphatic carbocycles. The fraction of sp³-hybridized carbons (Fsp3) is 0.433. The Bertz CT molecular complexity index is 1420.